The Morgan fingerprint density at radius 1 is 0.966 bits per heavy atom. The minimum absolute atomic E-state index is 0.262. The van der Waals surface area contributed by atoms with E-state index in [1.165, 1.54) is 0 Å². The van der Waals surface area contributed by atoms with Crippen LogP contribution in [0.4, 0.5) is 5.69 Å². The molecule has 1 N–H and O–H groups in total. The summed E-state index contributed by atoms with van der Waals surface area (Å²) in [5, 5.41) is 4.12. The summed E-state index contributed by atoms with van der Waals surface area (Å²) in [5.74, 6) is 2.97. The molecule has 0 aromatic heterocycles. The first-order valence-electron chi connectivity index (χ1n) is 9.48. The van der Waals surface area contributed by atoms with Gasteiger partial charge in [-0.15, -0.1) is 0 Å². The van der Waals surface area contributed by atoms with Gasteiger partial charge in [0.05, 0.1) is 6.61 Å². The van der Waals surface area contributed by atoms with E-state index in [0.717, 1.165) is 39.8 Å². The van der Waals surface area contributed by atoms with Crippen LogP contribution in [0.3, 0.4) is 0 Å². The number of ether oxygens (including phenoxy) is 4. The topological polar surface area (TPSA) is 49.0 Å². The van der Waals surface area contributed by atoms with Gasteiger partial charge >= 0.3 is 0 Å². The largest absolute Gasteiger partial charge is 0.490 e. The molecule has 0 spiro atoms. The van der Waals surface area contributed by atoms with Crippen molar-refractivity contribution in [2.24, 2.45) is 0 Å². The van der Waals surface area contributed by atoms with Crippen LogP contribution >= 0.6 is 11.6 Å². The highest BCUT2D eigenvalue weighted by Gasteiger charge is 2.15. The highest BCUT2D eigenvalue weighted by molar-refractivity contribution is 6.30. The second-order valence-electron chi connectivity index (χ2n) is 6.51. The van der Waals surface area contributed by atoms with Gasteiger partial charge in [0.15, 0.2) is 23.0 Å². The highest BCUT2D eigenvalue weighted by atomic mass is 35.5. The van der Waals surface area contributed by atoms with Crippen LogP contribution in [-0.2, 0) is 13.2 Å². The molecule has 1 aliphatic rings. The molecule has 3 aromatic rings. The zero-order valence-corrected chi connectivity index (χ0v) is 16.9. The third kappa shape index (κ3) is 4.69. The molecule has 0 unspecified atom stereocenters. The first-order valence-corrected chi connectivity index (χ1v) is 9.86. The number of rotatable bonds is 8. The zero-order chi connectivity index (χ0) is 20.1. The maximum atomic E-state index is 6.16. The van der Waals surface area contributed by atoms with Crippen LogP contribution in [0.2, 0.25) is 5.02 Å². The van der Waals surface area contributed by atoms with Gasteiger partial charge < -0.3 is 24.3 Å². The summed E-state index contributed by atoms with van der Waals surface area (Å²) in [6.45, 7) is 3.80. The first-order chi connectivity index (χ1) is 14.2. The fraction of sp³-hybridized carbons (Fsp3) is 0.217. The number of para-hydroxylation sites is 1. The Labute approximate surface area is 175 Å². The predicted molar refractivity (Wildman–Crippen MR) is 113 cm³/mol. The third-order valence-corrected chi connectivity index (χ3v) is 4.76. The molecule has 0 saturated heterocycles. The monoisotopic (exact) mass is 411 g/mol. The number of fused-ring (bicyclic) bond motifs is 1. The molecule has 0 atom stereocenters. The number of anilines is 1. The molecule has 6 heteroatoms. The lowest BCUT2D eigenvalue weighted by atomic mass is 10.1. The molecule has 5 nitrogen and oxygen atoms in total. The first kappa shape index (κ1) is 19.3. The molecule has 150 valence electrons. The molecular weight excluding hydrogens is 390 g/mol. The summed E-state index contributed by atoms with van der Waals surface area (Å²) in [6, 6.07) is 19.3. The number of nitrogens with one attached hydrogen (secondary N) is 1. The van der Waals surface area contributed by atoms with E-state index in [1.54, 1.807) is 0 Å². The maximum Gasteiger partial charge on any atom is 0.231 e. The van der Waals surface area contributed by atoms with E-state index >= 15 is 0 Å². The molecule has 4 rings (SSSR count). The molecule has 0 fully saturated rings. The molecule has 0 aliphatic carbocycles. The predicted octanol–water partition coefficient (Wildman–Crippen LogP) is 5.66. The Morgan fingerprint density at radius 3 is 2.62 bits per heavy atom. The number of benzene rings is 3. The highest BCUT2D eigenvalue weighted by Crippen LogP contribution is 2.36. The quantitative estimate of drug-likeness (QED) is 0.518. The number of hydrogen-bond acceptors (Lipinski definition) is 5. The van der Waals surface area contributed by atoms with Gasteiger partial charge in [0, 0.05) is 28.9 Å². The van der Waals surface area contributed by atoms with E-state index in [1.807, 2.05) is 67.6 Å². The third-order valence-electron chi connectivity index (χ3n) is 4.51. The van der Waals surface area contributed by atoms with Gasteiger partial charge in [-0.3, -0.25) is 0 Å². The van der Waals surface area contributed by atoms with Crippen LogP contribution in [0, 0.1) is 0 Å². The lowest BCUT2D eigenvalue weighted by Crippen LogP contribution is -2.06. The van der Waals surface area contributed by atoms with Crippen molar-refractivity contribution in [1.29, 1.82) is 0 Å². The Hall–Kier alpha value is -3.05. The Morgan fingerprint density at radius 2 is 1.79 bits per heavy atom. The minimum atomic E-state index is 0.262. The molecule has 3 aromatic carbocycles. The standard InChI is InChI=1S/C23H22ClNO4/c1-2-26-21-5-3-4-17(23(21)27-14-16-6-8-18(24)9-7-16)13-25-19-10-11-20-22(12-19)29-15-28-20/h3-12,25H,2,13-15H2,1H3. The fourth-order valence-corrected chi connectivity index (χ4v) is 3.20. The summed E-state index contributed by atoms with van der Waals surface area (Å²) in [5.41, 5.74) is 2.98. The molecule has 0 saturated carbocycles. The summed E-state index contributed by atoms with van der Waals surface area (Å²) in [7, 11) is 0. The van der Waals surface area contributed by atoms with Gasteiger partial charge in [0.2, 0.25) is 6.79 Å². The molecule has 0 amide bonds. The molecule has 0 radical (unpaired) electrons. The number of hydrogen-bond donors (Lipinski definition) is 1. The van der Waals surface area contributed by atoms with Gasteiger partial charge in [-0.05, 0) is 42.8 Å². The van der Waals surface area contributed by atoms with E-state index in [9.17, 15) is 0 Å². The summed E-state index contributed by atoms with van der Waals surface area (Å²) in [6.07, 6.45) is 0. The lowest BCUT2D eigenvalue weighted by Gasteiger charge is -2.17. The van der Waals surface area contributed by atoms with Crippen LogP contribution in [0.5, 0.6) is 23.0 Å². The molecule has 1 heterocycles. The smallest absolute Gasteiger partial charge is 0.231 e. The summed E-state index contributed by atoms with van der Waals surface area (Å²) in [4.78, 5) is 0. The summed E-state index contributed by atoms with van der Waals surface area (Å²) < 4.78 is 22.8. The molecule has 0 bridgehead atoms. The number of halogens is 1. The Balaban J connectivity index is 1.50. The van der Waals surface area contributed by atoms with Gasteiger partial charge in [0.1, 0.15) is 6.61 Å². The van der Waals surface area contributed by atoms with Crippen molar-refractivity contribution >= 4 is 17.3 Å². The fourth-order valence-electron chi connectivity index (χ4n) is 3.07. The summed E-state index contributed by atoms with van der Waals surface area (Å²) >= 11 is 5.97. The minimum Gasteiger partial charge on any atom is -0.490 e. The van der Waals surface area contributed by atoms with Crippen LogP contribution in [0.1, 0.15) is 18.1 Å². The van der Waals surface area contributed by atoms with Crippen LogP contribution < -0.4 is 24.3 Å². The van der Waals surface area contributed by atoms with Gasteiger partial charge in [-0.2, -0.15) is 0 Å². The maximum absolute atomic E-state index is 6.16. The van der Waals surface area contributed by atoms with E-state index < -0.39 is 0 Å². The second kappa shape index (κ2) is 8.97. The van der Waals surface area contributed by atoms with Gasteiger partial charge in [-0.1, -0.05) is 35.9 Å². The van der Waals surface area contributed by atoms with Gasteiger partial charge in [-0.25, -0.2) is 0 Å². The van der Waals surface area contributed by atoms with Crippen molar-refractivity contribution in [3.05, 3.63) is 76.8 Å². The van der Waals surface area contributed by atoms with E-state index in [-0.39, 0.29) is 6.79 Å². The van der Waals surface area contributed by atoms with E-state index in [0.29, 0.717) is 24.8 Å². The Kier molecular flexibility index (Phi) is 5.96. The van der Waals surface area contributed by atoms with Gasteiger partial charge in [0.25, 0.3) is 0 Å². The average molecular weight is 412 g/mol. The van der Waals surface area contributed by atoms with Crippen molar-refractivity contribution < 1.29 is 18.9 Å². The SMILES string of the molecule is CCOc1cccc(CNc2ccc3c(c2)OCO3)c1OCc1ccc(Cl)cc1. The van der Waals surface area contributed by atoms with Crippen molar-refractivity contribution in [1.82, 2.24) is 0 Å². The Bertz CT molecular complexity index is 975. The van der Waals surface area contributed by atoms with Crippen molar-refractivity contribution in [2.75, 3.05) is 18.7 Å². The molecule has 1 aliphatic heterocycles. The van der Waals surface area contributed by atoms with Crippen molar-refractivity contribution in [3.8, 4) is 23.0 Å². The van der Waals surface area contributed by atoms with Crippen LogP contribution in [0.25, 0.3) is 0 Å². The van der Waals surface area contributed by atoms with Crippen molar-refractivity contribution in [2.45, 2.75) is 20.1 Å². The van der Waals surface area contributed by atoms with Crippen LogP contribution in [-0.4, -0.2) is 13.4 Å². The van der Waals surface area contributed by atoms with E-state index in [2.05, 4.69) is 5.32 Å². The van der Waals surface area contributed by atoms with Crippen LogP contribution in [0.15, 0.2) is 60.7 Å². The van der Waals surface area contributed by atoms with E-state index in [4.69, 9.17) is 30.5 Å². The second-order valence-corrected chi connectivity index (χ2v) is 6.95. The average Bonchev–Trinajstić information content (AvgIpc) is 3.21. The zero-order valence-electron chi connectivity index (χ0n) is 16.1. The lowest BCUT2D eigenvalue weighted by molar-refractivity contribution is 0.174. The molecular formula is C23H22ClNO4. The normalized spacial score (nSPS) is 11.9. The molecule has 29 heavy (non-hydrogen) atoms. The van der Waals surface area contributed by atoms with Crippen molar-refractivity contribution in [3.63, 3.8) is 0 Å².